The van der Waals surface area contributed by atoms with E-state index in [9.17, 15) is 8.42 Å². The summed E-state index contributed by atoms with van der Waals surface area (Å²) in [4.78, 5) is 0. The van der Waals surface area contributed by atoms with Crippen LogP contribution in [-0.4, -0.2) is 42.4 Å². The van der Waals surface area contributed by atoms with E-state index in [0.717, 1.165) is 12.8 Å². The molecule has 0 saturated carbocycles. The zero-order chi connectivity index (χ0) is 12.4. The molecule has 0 radical (unpaired) electrons. The van der Waals surface area contributed by atoms with Crippen LogP contribution in [0.5, 0.6) is 0 Å². The van der Waals surface area contributed by atoms with Crippen LogP contribution in [0.2, 0.25) is 0 Å². The molecule has 0 bridgehead atoms. The van der Waals surface area contributed by atoms with Crippen LogP contribution in [0.1, 0.15) is 26.7 Å². The molecule has 1 fully saturated rings. The van der Waals surface area contributed by atoms with Gasteiger partial charge in [-0.2, -0.15) is 17.4 Å². The first-order valence-electron chi connectivity index (χ1n) is 5.06. The summed E-state index contributed by atoms with van der Waals surface area (Å²) in [6.45, 7) is 4.11. The molecule has 16 heavy (non-hydrogen) atoms. The van der Waals surface area contributed by atoms with E-state index in [1.165, 1.54) is 18.2 Å². The van der Waals surface area contributed by atoms with Crippen LogP contribution >= 0.6 is 0 Å². The minimum Gasteiger partial charge on any atom is -0.409 e. The van der Waals surface area contributed by atoms with Crippen molar-refractivity contribution < 1.29 is 13.6 Å². The van der Waals surface area contributed by atoms with Crippen LogP contribution in [0.4, 0.5) is 0 Å². The summed E-state index contributed by atoms with van der Waals surface area (Å²) in [7, 11) is -3.56. The van der Waals surface area contributed by atoms with Gasteiger partial charge in [-0.3, -0.25) is 0 Å². The number of hydrogen-bond acceptors (Lipinski definition) is 4. The van der Waals surface area contributed by atoms with Gasteiger partial charge >= 0.3 is 0 Å². The van der Waals surface area contributed by atoms with Gasteiger partial charge in [-0.05, 0) is 26.7 Å². The lowest BCUT2D eigenvalue weighted by Crippen LogP contribution is -2.56. The lowest BCUT2D eigenvalue weighted by atomic mass is 10.1. The maximum atomic E-state index is 11.9. The fourth-order valence-electron chi connectivity index (χ4n) is 1.49. The highest BCUT2D eigenvalue weighted by molar-refractivity contribution is 7.87. The predicted molar refractivity (Wildman–Crippen MR) is 60.4 cm³/mol. The van der Waals surface area contributed by atoms with Crippen molar-refractivity contribution in [3.05, 3.63) is 0 Å². The second-order valence-corrected chi connectivity index (χ2v) is 5.99. The van der Waals surface area contributed by atoms with Gasteiger partial charge in [0.1, 0.15) is 0 Å². The topological polar surface area (TPSA) is 108 Å². The molecule has 7 nitrogen and oxygen atoms in total. The number of nitrogens with two attached hydrogens (primary N) is 1. The van der Waals surface area contributed by atoms with Crippen molar-refractivity contribution in [3.8, 4) is 0 Å². The Labute approximate surface area is 95.5 Å². The summed E-state index contributed by atoms with van der Waals surface area (Å²) in [5, 5.41) is 11.4. The van der Waals surface area contributed by atoms with Gasteiger partial charge < -0.3 is 10.9 Å². The zero-order valence-electron chi connectivity index (χ0n) is 9.47. The molecule has 1 saturated heterocycles. The van der Waals surface area contributed by atoms with Crippen molar-refractivity contribution in [1.29, 1.82) is 0 Å². The molecule has 94 valence electrons. The average molecular weight is 250 g/mol. The average Bonchev–Trinajstić information content (AvgIpc) is 2.68. The summed E-state index contributed by atoms with van der Waals surface area (Å²) >= 11 is 0. The maximum Gasteiger partial charge on any atom is 0.280 e. The molecular formula is C8H18N4O3S. The summed E-state index contributed by atoms with van der Waals surface area (Å²) in [6, 6.07) is 0. The van der Waals surface area contributed by atoms with Crippen molar-refractivity contribution in [2.45, 2.75) is 32.2 Å². The Kier molecular flexibility index (Phi) is 3.76. The lowest BCUT2D eigenvalue weighted by molar-refractivity contribution is 0.312. The van der Waals surface area contributed by atoms with Crippen LogP contribution in [0, 0.1) is 0 Å². The summed E-state index contributed by atoms with van der Waals surface area (Å²) in [5.74, 6) is -0.171. The molecule has 0 atom stereocenters. The third-order valence-corrected chi connectivity index (χ3v) is 4.35. The third kappa shape index (κ3) is 2.83. The number of amidine groups is 1. The molecule has 0 aromatic rings. The Morgan fingerprint density at radius 2 is 1.94 bits per heavy atom. The largest absolute Gasteiger partial charge is 0.409 e. The molecule has 0 spiro atoms. The number of oxime groups is 1. The first-order valence-corrected chi connectivity index (χ1v) is 6.50. The normalized spacial score (nSPS) is 20.2. The van der Waals surface area contributed by atoms with E-state index in [1.807, 2.05) is 0 Å². The van der Waals surface area contributed by atoms with E-state index >= 15 is 0 Å². The van der Waals surface area contributed by atoms with Gasteiger partial charge in [0.15, 0.2) is 5.84 Å². The van der Waals surface area contributed by atoms with Gasteiger partial charge in [-0.25, -0.2) is 0 Å². The SMILES string of the molecule is CC(C)(NS(=O)(=O)N1CCCC1)/C(N)=N/O. The van der Waals surface area contributed by atoms with Crippen molar-refractivity contribution in [3.63, 3.8) is 0 Å². The molecule has 0 aliphatic carbocycles. The fourth-order valence-corrected chi connectivity index (χ4v) is 3.11. The number of rotatable bonds is 4. The van der Waals surface area contributed by atoms with Crippen molar-refractivity contribution in [1.82, 2.24) is 9.03 Å². The van der Waals surface area contributed by atoms with Crippen LogP contribution < -0.4 is 10.5 Å². The molecule has 4 N–H and O–H groups in total. The second kappa shape index (κ2) is 4.56. The molecular weight excluding hydrogens is 232 g/mol. The van der Waals surface area contributed by atoms with Gasteiger partial charge in [-0.15, -0.1) is 0 Å². The van der Waals surface area contributed by atoms with Crippen LogP contribution in [0.25, 0.3) is 0 Å². The molecule has 0 unspecified atom stereocenters. The van der Waals surface area contributed by atoms with E-state index in [1.54, 1.807) is 0 Å². The highest BCUT2D eigenvalue weighted by Crippen LogP contribution is 2.14. The van der Waals surface area contributed by atoms with E-state index < -0.39 is 15.7 Å². The molecule has 1 heterocycles. The predicted octanol–water partition coefficient (Wildman–Crippen LogP) is -0.558. The minimum atomic E-state index is -3.56. The maximum absolute atomic E-state index is 11.9. The number of hydrogen-bond donors (Lipinski definition) is 3. The van der Waals surface area contributed by atoms with Crippen molar-refractivity contribution in [2.24, 2.45) is 10.9 Å². The highest BCUT2D eigenvalue weighted by Gasteiger charge is 2.34. The molecule has 1 aliphatic heterocycles. The molecule has 0 amide bonds. The van der Waals surface area contributed by atoms with Gasteiger partial charge in [0.2, 0.25) is 0 Å². The van der Waals surface area contributed by atoms with Crippen LogP contribution in [0.15, 0.2) is 5.16 Å². The Bertz CT molecular complexity index is 371. The van der Waals surface area contributed by atoms with E-state index in [2.05, 4.69) is 9.88 Å². The van der Waals surface area contributed by atoms with Crippen molar-refractivity contribution in [2.75, 3.05) is 13.1 Å². The monoisotopic (exact) mass is 250 g/mol. The minimum absolute atomic E-state index is 0.171. The molecule has 0 aromatic heterocycles. The standard InChI is InChI=1S/C8H18N4O3S/c1-8(2,7(9)10-13)11-16(14,15)12-5-3-4-6-12/h11,13H,3-6H2,1-2H3,(H2,9,10). The Morgan fingerprint density at radius 1 is 1.44 bits per heavy atom. The highest BCUT2D eigenvalue weighted by atomic mass is 32.2. The Balaban J connectivity index is 2.79. The molecule has 0 aromatic carbocycles. The van der Waals surface area contributed by atoms with Gasteiger partial charge in [0.25, 0.3) is 10.2 Å². The second-order valence-electron chi connectivity index (χ2n) is 4.32. The molecule has 8 heteroatoms. The van der Waals surface area contributed by atoms with E-state index in [-0.39, 0.29) is 5.84 Å². The van der Waals surface area contributed by atoms with Gasteiger partial charge in [0.05, 0.1) is 5.54 Å². The van der Waals surface area contributed by atoms with Crippen LogP contribution in [0.3, 0.4) is 0 Å². The quantitative estimate of drug-likeness (QED) is 0.269. The van der Waals surface area contributed by atoms with E-state index in [0.29, 0.717) is 13.1 Å². The molecule has 1 aliphatic rings. The number of nitrogens with one attached hydrogen (secondary N) is 1. The third-order valence-electron chi connectivity index (χ3n) is 2.54. The van der Waals surface area contributed by atoms with Crippen LogP contribution in [-0.2, 0) is 10.2 Å². The van der Waals surface area contributed by atoms with Crippen molar-refractivity contribution >= 4 is 16.0 Å². The first-order chi connectivity index (χ1) is 7.29. The van der Waals surface area contributed by atoms with E-state index in [4.69, 9.17) is 10.9 Å². The lowest BCUT2D eigenvalue weighted by Gasteiger charge is -2.27. The molecule has 1 rings (SSSR count). The summed E-state index contributed by atoms with van der Waals surface area (Å²) in [6.07, 6.45) is 1.73. The van der Waals surface area contributed by atoms with Gasteiger partial charge in [-0.1, -0.05) is 5.16 Å². The summed E-state index contributed by atoms with van der Waals surface area (Å²) < 4.78 is 27.6. The number of nitrogens with zero attached hydrogens (tertiary/aromatic N) is 2. The summed E-state index contributed by atoms with van der Waals surface area (Å²) in [5.41, 5.74) is 4.31. The fraction of sp³-hybridized carbons (Fsp3) is 0.875. The Hall–Kier alpha value is -0.860. The smallest absolute Gasteiger partial charge is 0.280 e. The first kappa shape index (κ1) is 13.2. The zero-order valence-corrected chi connectivity index (χ0v) is 10.3. The van der Waals surface area contributed by atoms with Gasteiger partial charge in [0, 0.05) is 13.1 Å². The Morgan fingerprint density at radius 3 is 2.38 bits per heavy atom.